The van der Waals surface area contributed by atoms with E-state index in [1.165, 1.54) is 0 Å². The lowest BCUT2D eigenvalue weighted by atomic mass is 9.95. The van der Waals surface area contributed by atoms with Gasteiger partial charge in [-0.1, -0.05) is 48.5 Å². The van der Waals surface area contributed by atoms with Gasteiger partial charge >= 0.3 is 5.97 Å². The highest BCUT2D eigenvalue weighted by atomic mass is 16.5. The highest BCUT2D eigenvalue weighted by Crippen LogP contribution is 2.20. The molecule has 1 aliphatic rings. The van der Waals surface area contributed by atoms with Crippen LogP contribution in [0.25, 0.3) is 0 Å². The summed E-state index contributed by atoms with van der Waals surface area (Å²) in [5.74, 6) is -0.750. The number of rotatable bonds is 7. The van der Waals surface area contributed by atoms with Gasteiger partial charge in [0.2, 0.25) is 5.91 Å². The number of esters is 1. The average Bonchev–Trinajstić information content (AvgIpc) is 2.79. The largest absolute Gasteiger partial charge is 0.466 e. The second kappa shape index (κ2) is 10.6. The molecule has 1 atom stereocenters. The number of nitrogens with one attached hydrogen (secondary N) is 1. The van der Waals surface area contributed by atoms with Crippen LogP contribution in [0.15, 0.2) is 60.7 Å². The summed E-state index contributed by atoms with van der Waals surface area (Å²) in [6.45, 7) is 3.12. The summed E-state index contributed by atoms with van der Waals surface area (Å²) >= 11 is 0. The van der Waals surface area contributed by atoms with Crippen LogP contribution in [0.2, 0.25) is 0 Å². The van der Waals surface area contributed by atoms with Crippen LogP contribution in [-0.4, -0.2) is 48.4 Å². The Hall–Kier alpha value is -3.15. The molecule has 3 rings (SSSR count). The molecule has 0 saturated carbocycles. The van der Waals surface area contributed by atoms with Crippen LogP contribution in [0.5, 0.6) is 0 Å². The number of piperidine rings is 1. The molecule has 2 aromatic rings. The first-order valence-electron chi connectivity index (χ1n) is 10.4. The van der Waals surface area contributed by atoms with Crippen LogP contribution in [0.4, 0.5) is 0 Å². The van der Waals surface area contributed by atoms with Crippen molar-refractivity contribution < 1.29 is 19.1 Å². The summed E-state index contributed by atoms with van der Waals surface area (Å²) in [5.41, 5.74) is 1.50. The van der Waals surface area contributed by atoms with E-state index in [2.05, 4.69) is 5.32 Å². The van der Waals surface area contributed by atoms with Gasteiger partial charge in [-0.05, 0) is 37.5 Å². The van der Waals surface area contributed by atoms with Gasteiger partial charge in [0.15, 0.2) is 0 Å². The van der Waals surface area contributed by atoms with Crippen molar-refractivity contribution in [3.8, 4) is 0 Å². The maximum atomic E-state index is 13.3. The third kappa shape index (κ3) is 5.69. The Labute approximate surface area is 177 Å². The molecule has 158 valence electrons. The van der Waals surface area contributed by atoms with Crippen molar-refractivity contribution in [2.24, 2.45) is 5.92 Å². The topological polar surface area (TPSA) is 75.7 Å². The van der Waals surface area contributed by atoms with Crippen molar-refractivity contribution in [3.63, 3.8) is 0 Å². The summed E-state index contributed by atoms with van der Waals surface area (Å²) in [6, 6.07) is 17.9. The normalized spacial score (nSPS) is 15.3. The molecule has 0 bridgehead atoms. The van der Waals surface area contributed by atoms with Crippen molar-refractivity contribution >= 4 is 17.8 Å². The minimum absolute atomic E-state index is 0.120. The molecule has 1 N–H and O–H groups in total. The third-order valence-electron chi connectivity index (χ3n) is 5.35. The van der Waals surface area contributed by atoms with Gasteiger partial charge in [0.05, 0.1) is 12.5 Å². The lowest BCUT2D eigenvalue weighted by Gasteiger charge is -2.33. The molecular weight excluding hydrogens is 380 g/mol. The maximum Gasteiger partial charge on any atom is 0.309 e. The van der Waals surface area contributed by atoms with Gasteiger partial charge in [-0.15, -0.1) is 0 Å². The highest BCUT2D eigenvalue weighted by molar-refractivity contribution is 5.97. The summed E-state index contributed by atoms with van der Waals surface area (Å²) in [6.07, 6.45) is 1.57. The Balaban J connectivity index is 1.69. The van der Waals surface area contributed by atoms with Gasteiger partial charge in [0.25, 0.3) is 5.91 Å². The summed E-state index contributed by atoms with van der Waals surface area (Å²) < 4.78 is 5.11. The van der Waals surface area contributed by atoms with Gasteiger partial charge in [-0.2, -0.15) is 0 Å². The quantitative estimate of drug-likeness (QED) is 0.715. The molecule has 0 aliphatic carbocycles. The molecule has 2 amide bonds. The number of carbonyl (C=O) groups is 3. The van der Waals surface area contributed by atoms with Gasteiger partial charge in [0.1, 0.15) is 6.04 Å². The van der Waals surface area contributed by atoms with Gasteiger partial charge in [-0.25, -0.2) is 0 Å². The molecule has 30 heavy (non-hydrogen) atoms. The number of hydrogen-bond acceptors (Lipinski definition) is 4. The smallest absolute Gasteiger partial charge is 0.309 e. The molecule has 1 saturated heterocycles. The number of hydrogen-bond donors (Lipinski definition) is 1. The number of amides is 2. The first-order chi connectivity index (χ1) is 14.6. The molecule has 0 spiro atoms. The minimum Gasteiger partial charge on any atom is -0.466 e. The standard InChI is InChI=1S/C24H28N2O4/c1-2-30-24(29)20-13-15-26(16-14-20)23(28)21(17-18-9-5-3-6-10-18)25-22(27)19-11-7-4-8-12-19/h3-12,20-21H,2,13-17H2,1H3,(H,25,27). The van der Waals surface area contributed by atoms with E-state index in [9.17, 15) is 14.4 Å². The summed E-state index contributed by atoms with van der Waals surface area (Å²) in [4.78, 5) is 39.7. The Kier molecular flexibility index (Phi) is 7.60. The fourth-order valence-corrected chi connectivity index (χ4v) is 3.70. The van der Waals surface area contributed by atoms with Crippen molar-refractivity contribution in [1.29, 1.82) is 0 Å². The second-order valence-corrected chi connectivity index (χ2v) is 7.43. The van der Waals surface area contributed by atoms with Crippen LogP contribution >= 0.6 is 0 Å². The van der Waals surface area contributed by atoms with Gasteiger partial charge in [-0.3, -0.25) is 14.4 Å². The molecule has 1 unspecified atom stereocenters. The SMILES string of the molecule is CCOC(=O)C1CCN(C(=O)C(Cc2ccccc2)NC(=O)c2ccccc2)CC1. The fourth-order valence-electron chi connectivity index (χ4n) is 3.70. The van der Waals surface area contributed by atoms with Gasteiger partial charge in [0, 0.05) is 25.1 Å². The van der Waals surface area contributed by atoms with E-state index in [4.69, 9.17) is 4.74 Å². The first kappa shape index (κ1) is 21.6. The predicted molar refractivity (Wildman–Crippen MR) is 114 cm³/mol. The van der Waals surface area contributed by atoms with Crippen molar-refractivity contribution in [2.45, 2.75) is 32.2 Å². The van der Waals surface area contributed by atoms with E-state index in [0.717, 1.165) is 5.56 Å². The Bertz CT molecular complexity index is 846. The number of nitrogens with zero attached hydrogens (tertiary/aromatic N) is 1. The van der Waals surface area contributed by atoms with E-state index < -0.39 is 6.04 Å². The third-order valence-corrected chi connectivity index (χ3v) is 5.35. The monoisotopic (exact) mass is 408 g/mol. The molecule has 6 nitrogen and oxygen atoms in total. The van der Waals surface area contributed by atoms with Crippen LogP contribution in [0.3, 0.4) is 0 Å². The molecule has 2 aromatic carbocycles. The van der Waals surface area contributed by atoms with Crippen molar-refractivity contribution in [3.05, 3.63) is 71.8 Å². The zero-order valence-electron chi connectivity index (χ0n) is 17.3. The lowest BCUT2D eigenvalue weighted by Crippen LogP contribution is -2.52. The minimum atomic E-state index is -0.667. The van der Waals surface area contributed by atoms with Crippen LogP contribution in [0, 0.1) is 5.92 Å². The van der Waals surface area contributed by atoms with E-state index in [-0.39, 0.29) is 23.7 Å². The zero-order valence-corrected chi connectivity index (χ0v) is 17.3. The van der Waals surface area contributed by atoms with Crippen molar-refractivity contribution in [1.82, 2.24) is 10.2 Å². The van der Waals surface area contributed by atoms with E-state index in [1.54, 1.807) is 36.1 Å². The maximum absolute atomic E-state index is 13.3. The number of likely N-dealkylation sites (tertiary alicyclic amines) is 1. The Morgan fingerprint density at radius 2 is 1.60 bits per heavy atom. The Morgan fingerprint density at radius 3 is 2.20 bits per heavy atom. The zero-order chi connectivity index (χ0) is 21.3. The van der Waals surface area contributed by atoms with E-state index >= 15 is 0 Å². The fraction of sp³-hybridized carbons (Fsp3) is 0.375. The number of ether oxygens (including phenoxy) is 1. The van der Waals surface area contributed by atoms with E-state index in [0.29, 0.717) is 44.5 Å². The molecular formula is C24H28N2O4. The number of carbonyl (C=O) groups excluding carboxylic acids is 3. The summed E-state index contributed by atoms with van der Waals surface area (Å²) in [7, 11) is 0. The molecule has 0 aromatic heterocycles. The second-order valence-electron chi connectivity index (χ2n) is 7.43. The van der Waals surface area contributed by atoms with Crippen molar-refractivity contribution in [2.75, 3.05) is 19.7 Å². The predicted octanol–water partition coefficient (Wildman–Crippen LogP) is 2.83. The number of benzene rings is 2. The lowest BCUT2D eigenvalue weighted by molar-refractivity contribution is -0.151. The van der Waals surface area contributed by atoms with Crippen LogP contribution in [-0.2, 0) is 20.7 Å². The highest BCUT2D eigenvalue weighted by Gasteiger charge is 2.32. The van der Waals surface area contributed by atoms with Crippen LogP contribution < -0.4 is 5.32 Å². The van der Waals surface area contributed by atoms with Crippen LogP contribution in [0.1, 0.15) is 35.7 Å². The molecule has 1 fully saturated rings. The molecule has 1 aliphatic heterocycles. The van der Waals surface area contributed by atoms with Gasteiger partial charge < -0.3 is 15.0 Å². The Morgan fingerprint density at radius 1 is 1.00 bits per heavy atom. The molecule has 0 radical (unpaired) electrons. The molecule has 6 heteroatoms. The first-order valence-corrected chi connectivity index (χ1v) is 10.4. The average molecular weight is 408 g/mol. The summed E-state index contributed by atoms with van der Waals surface area (Å²) in [5, 5.41) is 2.91. The molecule has 1 heterocycles. The van der Waals surface area contributed by atoms with E-state index in [1.807, 2.05) is 36.4 Å².